The van der Waals surface area contributed by atoms with E-state index in [2.05, 4.69) is 15.6 Å². The standard InChI is InChI=1S/C16H20N4O2/c1-11-14(15(21)20-10-6-5-9-13(20)17-11)19-16(22)18-12-7-3-2-4-8-12/h5-6,9-10,12H,2-4,7-8H2,1H3,(H2,18,19,22). The highest BCUT2D eigenvalue weighted by Crippen LogP contribution is 2.17. The maximum absolute atomic E-state index is 12.5. The van der Waals surface area contributed by atoms with E-state index in [9.17, 15) is 9.59 Å². The molecule has 0 atom stereocenters. The van der Waals surface area contributed by atoms with E-state index in [1.807, 2.05) is 6.07 Å². The molecule has 1 aliphatic carbocycles. The van der Waals surface area contributed by atoms with Gasteiger partial charge in [-0.05, 0) is 31.9 Å². The number of pyridine rings is 1. The maximum Gasteiger partial charge on any atom is 0.319 e. The van der Waals surface area contributed by atoms with Crippen molar-refractivity contribution in [1.82, 2.24) is 14.7 Å². The van der Waals surface area contributed by atoms with E-state index in [0.717, 1.165) is 25.7 Å². The predicted octanol–water partition coefficient (Wildman–Crippen LogP) is 2.46. The van der Waals surface area contributed by atoms with Crippen LogP contribution in [0.4, 0.5) is 10.5 Å². The van der Waals surface area contributed by atoms with Crippen molar-refractivity contribution >= 4 is 17.4 Å². The molecule has 6 heteroatoms. The molecule has 2 N–H and O–H groups in total. The molecule has 1 fully saturated rings. The minimum atomic E-state index is -0.329. The van der Waals surface area contributed by atoms with E-state index < -0.39 is 0 Å². The van der Waals surface area contributed by atoms with Crippen LogP contribution in [0.2, 0.25) is 0 Å². The Hall–Kier alpha value is -2.37. The lowest BCUT2D eigenvalue weighted by Crippen LogP contribution is -2.40. The van der Waals surface area contributed by atoms with E-state index in [1.165, 1.54) is 10.8 Å². The lowest BCUT2D eigenvalue weighted by molar-refractivity contribution is 0.244. The largest absolute Gasteiger partial charge is 0.335 e. The first kappa shape index (κ1) is 14.6. The van der Waals surface area contributed by atoms with Crippen molar-refractivity contribution in [2.45, 2.75) is 45.1 Å². The molecule has 0 spiro atoms. The molecule has 0 unspecified atom stereocenters. The van der Waals surface area contributed by atoms with Gasteiger partial charge in [-0.3, -0.25) is 9.20 Å². The highest BCUT2D eigenvalue weighted by atomic mass is 16.2. The predicted molar refractivity (Wildman–Crippen MR) is 85.2 cm³/mol. The number of rotatable bonds is 2. The van der Waals surface area contributed by atoms with Crippen molar-refractivity contribution in [2.75, 3.05) is 5.32 Å². The molecule has 1 aliphatic rings. The first-order valence-corrected chi connectivity index (χ1v) is 7.70. The molecule has 0 saturated heterocycles. The molecular weight excluding hydrogens is 280 g/mol. The maximum atomic E-state index is 12.5. The summed E-state index contributed by atoms with van der Waals surface area (Å²) in [4.78, 5) is 28.9. The Kier molecular flexibility index (Phi) is 4.09. The lowest BCUT2D eigenvalue weighted by atomic mass is 9.96. The van der Waals surface area contributed by atoms with Crippen molar-refractivity contribution in [1.29, 1.82) is 0 Å². The molecule has 3 rings (SSSR count). The fourth-order valence-electron chi connectivity index (χ4n) is 2.93. The van der Waals surface area contributed by atoms with E-state index in [-0.39, 0.29) is 23.3 Å². The van der Waals surface area contributed by atoms with Crippen molar-refractivity contribution in [3.63, 3.8) is 0 Å². The Balaban J connectivity index is 1.81. The highest BCUT2D eigenvalue weighted by molar-refractivity contribution is 5.89. The van der Waals surface area contributed by atoms with Gasteiger partial charge in [-0.1, -0.05) is 25.3 Å². The highest BCUT2D eigenvalue weighted by Gasteiger charge is 2.17. The van der Waals surface area contributed by atoms with E-state index in [1.54, 1.807) is 25.3 Å². The third kappa shape index (κ3) is 2.95. The number of aryl methyl sites for hydroxylation is 1. The normalized spacial score (nSPS) is 15.7. The average Bonchev–Trinajstić information content (AvgIpc) is 2.52. The van der Waals surface area contributed by atoms with Gasteiger partial charge in [-0.15, -0.1) is 0 Å². The molecule has 2 aromatic rings. The summed E-state index contributed by atoms with van der Waals surface area (Å²) in [5.41, 5.74) is 1.07. The van der Waals surface area contributed by atoms with E-state index >= 15 is 0 Å². The lowest BCUT2D eigenvalue weighted by Gasteiger charge is -2.23. The zero-order valence-corrected chi connectivity index (χ0v) is 12.6. The molecular formula is C16H20N4O2. The molecule has 0 radical (unpaired) electrons. The molecule has 0 aliphatic heterocycles. The summed E-state index contributed by atoms with van der Waals surface area (Å²) in [5.74, 6) is 0. The number of carbonyl (C=O) groups is 1. The van der Waals surface area contributed by atoms with Crippen LogP contribution in [0.3, 0.4) is 0 Å². The summed E-state index contributed by atoms with van der Waals surface area (Å²) >= 11 is 0. The molecule has 2 heterocycles. The first-order chi connectivity index (χ1) is 10.6. The van der Waals surface area contributed by atoms with Gasteiger partial charge in [0.25, 0.3) is 5.56 Å². The minimum absolute atomic E-state index is 0.199. The van der Waals surface area contributed by atoms with Gasteiger partial charge in [-0.25, -0.2) is 9.78 Å². The Labute approximate surface area is 128 Å². The van der Waals surface area contributed by atoms with Gasteiger partial charge in [0.05, 0.1) is 5.69 Å². The number of carbonyl (C=O) groups excluding carboxylic acids is 1. The zero-order chi connectivity index (χ0) is 15.5. The SMILES string of the molecule is Cc1nc2ccccn2c(=O)c1NC(=O)NC1CCCCC1. The first-order valence-electron chi connectivity index (χ1n) is 7.70. The molecule has 0 aromatic carbocycles. The third-order valence-electron chi connectivity index (χ3n) is 4.09. The van der Waals surface area contributed by atoms with Gasteiger partial charge in [-0.2, -0.15) is 0 Å². The summed E-state index contributed by atoms with van der Waals surface area (Å²) in [6.07, 6.45) is 7.17. The van der Waals surface area contributed by atoms with Crippen LogP contribution >= 0.6 is 0 Å². The van der Waals surface area contributed by atoms with Gasteiger partial charge in [0.15, 0.2) is 0 Å². The fourth-order valence-corrected chi connectivity index (χ4v) is 2.93. The topological polar surface area (TPSA) is 75.5 Å². The Morgan fingerprint density at radius 2 is 2.05 bits per heavy atom. The number of urea groups is 1. The zero-order valence-electron chi connectivity index (χ0n) is 12.6. The Morgan fingerprint density at radius 1 is 1.27 bits per heavy atom. The summed E-state index contributed by atoms with van der Waals surface area (Å²) in [7, 11) is 0. The van der Waals surface area contributed by atoms with Crippen LogP contribution in [-0.4, -0.2) is 21.5 Å². The molecule has 2 amide bonds. The molecule has 6 nitrogen and oxygen atoms in total. The number of hydrogen-bond donors (Lipinski definition) is 2. The number of fused-ring (bicyclic) bond motifs is 1. The number of nitrogens with zero attached hydrogens (tertiary/aromatic N) is 2. The van der Waals surface area contributed by atoms with Gasteiger partial charge < -0.3 is 10.6 Å². The molecule has 2 aromatic heterocycles. The number of anilines is 1. The average molecular weight is 300 g/mol. The van der Waals surface area contributed by atoms with Crippen LogP contribution in [0, 0.1) is 6.92 Å². The number of nitrogens with one attached hydrogen (secondary N) is 2. The van der Waals surface area contributed by atoms with Crippen LogP contribution in [0.5, 0.6) is 0 Å². The summed E-state index contributed by atoms with van der Waals surface area (Å²) < 4.78 is 1.43. The number of aromatic nitrogens is 2. The molecule has 0 bridgehead atoms. The Bertz CT molecular complexity index is 747. The van der Waals surface area contributed by atoms with Crippen LogP contribution < -0.4 is 16.2 Å². The summed E-state index contributed by atoms with van der Waals surface area (Å²) in [6, 6.07) is 5.22. The molecule has 1 saturated carbocycles. The van der Waals surface area contributed by atoms with Gasteiger partial charge in [0, 0.05) is 12.2 Å². The monoisotopic (exact) mass is 300 g/mol. The minimum Gasteiger partial charge on any atom is -0.335 e. The quantitative estimate of drug-likeness (QED) is 0.894. The van der Waals surface area contributed by atoms with Crippen molar-refractivity contribution in [2.24, 2.45) is 0 Å². The second-order valence-corrected chi connectivity index (χ2v) is 5.74. The van der Waals surface area contributed by atoms with Crippen LogP contribution in [0.1, 0.15) is 37.8 Å². The van der Waals surface area contributed by atoms with Gasteiger partial charge >= 0.3 is 6.03 Å². The number of hydrogen-bond acceptors (Lipinski definition) is 3. The second-order valence-electron chi connectivity index (χ2n) is 5.74. The molecule has 22 heavy (non-hydrogen) atoms. The molecule has 116 valence electrons. The third-order valence-corrected chi connectivity index (χ3v) is 4.09. The van der Waals surface area contributed by atoms with Crippen molar-refractivity contribution < 1.29 is 4.79 Å². The van der Waals surface area contributed by atoms with Crippen LogP contribution in [0.25, 0.3) is 5.65 Å². The van der Waals surface area contributed by atoms with Crippen LogP contribution in [-0.2, 0) is 0 Å². The smallest absolute Gasteiger partial charge is 0.319 e. The van der Waals surface area contributed by atoms with Crippen molar-refractivity contribution in [3.8, 4) is 0 Å². The van der Waals surface area contributed by atoms with E-state index in [0.29, 0.717) is 11.3 Å². The second kappa shape index (κ2) is 6.17. The van der Waals surface area contributed by atoms with Gasteiger partial charge in [0.2, 0.25) is 0 Å². The van der Waals surface area contributed by atoms with E-state index in [4.69, 9.17) is 0 Å². The summed E-state index contributed by atoms with van der Waals surface area (Å²) in [5, 5.41) is 5.62. The van der Waals surface area contributed by atoms with Crippen molar-refractivity contribution in [3.05, 3.63) is 40.4 Å². The van der Waals surface area contributed by atoms with Gasteiger partial charge in [0.1, 0.15) is 11.3 Å². The van der Waals surface area contributed by atoms with Crippen LogP contribution in [0.15, 0.2) is 29.2 Å². The Morgan fingerprint density at radius 3 is 2.82 bits per heavy atom. The fraction of sp³-hybridized carbons (Fsp3) is 0.438. The summed E-state index contributed by atoms with van der Waals surface area (Å²) in [6.45, 7) is 1.73. The number of amides is 2.